The number of aromatic nitrogens is 3. The number of carbonyl (C=O) groups excluding carboxylic acids is 1. The van der Waals surface area contributed by atoms with E-state index >= 15 is 0 Å². The Balaban J connectivity index is 0. The van der Waals surface area contributed by atoms with Crippen LogP contribution in [0.15, 0.2) is 16.8 Å². The molecular formula is C17H37N7O+2. The van der Waals surface area contributed by atoms with E-state index < -0.39 is 0 Å². The molecule has 2 rings (SSSR count). The molecule has 1 aromatic heterocycles. The van der Waals surface area contributed by atoms with Gasteiger partial charge in [-0.3, -0.25) is 4.68 Å². The molecule has 0 aliphatic carbocycles. The van der Waals surface area contributed by atoms with Gasteiger partial charge in [0.25, 0.3) is 5.22 Å². The van der Waals surface area contributed by atoms with Crippen LogP contribution in [0.25, 0.3) is 0 Å². The van der Waals surface area contributed by atoms with E-state index in [9.17, 15) is 4.79 Å². The minimum Gasteiger partial charge on any atom is -0.250 e. The third kappa shape index (κ3) is 6.80. The lowest BCUT2D eigenvalue weighted by atomic mass is 10.2. The van der Waals surface area contributed by atoms with Gasteiger partial charge in [-0.25, -0.2) is 4.98 Å². The molecule has 0 aromatic carbocycles. The quantitative estimate of drug-likeness (QED) is 0.710. The van der Waals surface area contributed by atoms with Crippen LogP contribution >= 0.6 is 0 Å². The molecule has 8 nitrogen and oxygen atoms in total. The highest BCUT2D eigenvalue weighted by Gasteiger charge is 2.44. The Bertz CT molecular complexity index is 549. The lowest BCUT2D eigenvalue weighted by Crippen LogP contribution is -2.32. The van der Waals surface area contributed by atoms with Crippen molar-refractivity contribution in [2.75, 3.05) is 0 Å². The molecular weight excluding hydrogens is 318 g/mol. The van der Waals surface area contributed by atoms with Crippen molar-refractivity contribution in [3.8, 4) is 0 Å². The lowest BCUT2D eigenvalue weighted by molar-refractivity contribution is -0.620. The van der Waals surface area contributed by atoms with Crippen LogP contribution in [-0.2, 0) is 0 Å². The van der Waals surface area contributed by atoms with Gasteiger partial charge in [0.2, 0.25) is 0 Å². The summed E-state index contributed by atoms with van der Waals surface area (Å²) >= 11 is 0. The molecule has 0 N–H and O–H groups in total. The van der Waals surface area contributed by atoms with Crippen LogP contribution in [0.5, 0.6) is 0 Å². The number of carbonyl (C=O) groups is 1. The zero-order valence-electron chi connectivity index (χ0n) is 15.4. The van der Waals surface area contributed by atoms with E-state index in [1.165, 1.54) is 9.39 Å². The van der Waals surface area contributed by atoms with Crippen molar-refractivity contribution < 1.29 is 14.2 Å². The predicted octanol–water partition coefficient (Wildman–Crippen LogP) is 5.04. The van der Waals surface area contributed by atoms with Crippen molar-refractivity contribution >= 4 is 6.03 Å². The van der Waals surface area contributed by atoms with Crippen LogP contribution in [0.4, 0.5) is 4.79 Å². The van der Waals surface area contributed by atoms with Gasteiger partial charge >= 0.3 is 11.3 Å². The van der Waals surface area contributed by atoms with Crippen LogP contribution in [0.3, 0.4) is 0 Å². The number of nitrogens with zero attached hydrogens (tertiary/aromatic N) is 7. The Morgan fingerprint density at radius 3 is 1.52 bits per heavy atom. The first kappa shape index (κ1) is 25.3. The smallest absolute Gasteiger partial charge is 0.250 e. The molecule has 0 fully saturated rings. The van der Waals surface area contributed by atoms with Gasteiger partial charge in [0, 0.05) is 12.0 Å². The van der Waals surface area contributed by atoms with Gasteiger partial charge in [0.1, 0.15) is 12.4 Å². The third-order valence-electron chi connectivity index (χ3n) is 3.17. The second-order valence-electron chi connectivity index (χ2n) is 6.67. The number of rotatable bonds is 4. The molecule has 0 spiro atoms. The fraction of sp³-hybridized carbons (Fsp3) is 0.824. The summed E-state index contributed by atoms with van der Waals surface area (Å²) in [6.45, 7) is 16.0. The van der Waals surface area contributed by atoms with Crippen LogP contribution in [0, 0.1) is 0 Å². The summed E-state index contributed by atoms with van der Waals surface area (Å²) in [6.07, 6.45) is 1.79. The maximum Gasteiger partial charge on any atom is 0.633 e. The molecule has 1 aromatic rings. The maximum atomic E-state index is 11.5. The summed E-state index contributed by atoms with van der Waals surface area (Å²) < 4.78 is 4.63. The second kappa shape index (κ2) is 10.8. The minimum absolute atomic E-state index is 0. The zero-order chi connectivity index (χ0) is 17.7. The van der Waals surface area contributed by atoms with E-state index in [0.29, 0.717) is 12.0 Å². The van der Waals surface area contributed by atoms with Gasteiger partial charge in [0.15, 0.2) is 11.9 Å². The highest BCUT2D eigenvalue weighted by atomic mass is 16.2. The van der Waals surface area contributed by atoms with Crippen LogP contribution < -0.4 is 0 Å². The van der Waals surface area contributed by atoms with Crippen molar-refractivity contribution in [1.29, 1.82) is 0 Å². The molecule has 0 bridgehead atoms. The first-order valence-corrected chi connectivity index (χ1v) is 8.10. The summed E-state index contributed by atoms with van der Waals surface area (Å²) in [6, 6.07) is 0.421. The summed E-state index contributed by atoms with van der Waals surface area (Å²) in [4.78, 5) is 15.6. The fourth-order valence-corrected chi connectivity index (χ4v) is 1.72. The first-order valence-electron chi connectivity index (χ1n) is 8.10. The molecule has 2 amide bonds. The summed E-state index contributed by atoms with van der Waals surface area (Å²) in [5.74, 6) is 1.36. The van der Waals surface area contributed by atoms with E-state index in [1.807, 2.05) is 32.4 Å². The van der Waals surface area contributed by atoms with Gasteiger partial charge in [0.05, 0.1) is 4.70 Å². The molecule has 1 aliphatic heterocycles. The zero-order valence-corrected chi connectivity index (χ0v) is 15.4. The van der Waals surface area contributed by atoms with Crippen LogP contribution in [-0.4, -0.2) is 42.3 Å². The number of amides is 2. The largest absolute Gasteiger partial charge is 0.633 e. The third-order valence-corrected chi connectivity index (χ3v) is 3.17. The Morgan fingerprint density at radius 2 is 1.32 bits per heavy atom. The summed E-state index contributed by atoms with van der Waals surface area (Å²) in [7, 11) is 0. The Kier molecular flexibility index (Phi) is 10.9. The van der Waals surface area contributed by atoms with E-state index in [4.69, 9.17) is 0 Å². The molecule has 25 heavy (non-hydrogen) atoms. The van der Waals surface area contributed by atoms with Crippen molar-refractivity contribution in [1.82, 2.24) is 14.8 Å². The Morgan fingerprint density at radius 1 is 0.880 bits per heavy atom. The van der Waals surface area contributed by atoms with Gasteiger partial charge in [-0.15, -0.1) is 0 Å². The topological polar surface area (TPSA) is 78.5 Å². The van der Waals surface area contributed by atoms with Gasteiger partial charge in [-0.1, -0.05) is 28.7 Å². The van der Waals surface area contributed by atoms with Crippen molar-refractivity contribution in [2.24, 2.45) is 10.4 Å². The van der Waals surface area contributed by atoms with Crippen LogP contribution in [0.2, 0.25) is 0 Å². The SMILES string of the molecule is C.C.CC(C)[N+]1=NN=[N+](C(C)C)C1=O.CC(C)c1ncn(C(C)C)n1. The lowest BCUT2D eigenvalue weighted by Gasteiger charge is -2.02. The number of hydrogen-bond acceptors (Lipinski definition) is 5. The Hall–Kier alpha value is -1.99. The van der Waals surface area contributed by atoms with Gasteiger partial charge in [-0.2, -0.15) is 9.89 Å². The molecule has 1 aliphatic rings. The molecule has 8 heteroatoms. The minimum atomic E-state index is -0.139. The monoisotopic (exact) mass is 355 g/mol. The molecule has 144 valence electrons. The van der Waals surface area contributed by atoms with Gasteiger partial charge < -0.3 is 0 Å². The highest BCUT2D eigenvalue weighted by molar-refractivity contribution is 5.54. The van der Waals surface area contributed by atoms with E-state index in [1.54, 1.807) is 6.33 Å². The van der Waals surface area contributed by atoms with E-state index in [0.717, 1.165) is 5.82 Å². The average Bonchev–Trinajstić information content (AvgIpc) is 3.05. The molecule has 2 heterocycles. The highest BCUT2D eigenvalue weighted by Crippen LogP contribution is 2.09. The predicted molar refractivity (Wildman–Crippen MR) is 99.0 cm³/mol. The van der Waals surface area contributed by atoms with Gasteiger partial charge in [-0.05, 0) is 46.2 Å². The molecule has 0 unspecified atom stereocenters. The van der Waals surface area contributed by atoms with Crippen molar-refractivity contribution in [3.63, 3.8) is 0 Å². The average molecular weight is 356 g/mol. The van der Waals surface area contributed by atoms with Crippen molar-refractivity contribution in [2.45, 2.75) is 94.3 Å². The standard InChI is InChI=1S/C8H15N3.C7H14N4O.2CH4/c1-6(2)8-9-5-11(10-8)7(3)4;1-5(2)10-7(12)11(6(3)4)9-8-10;;/h5-7H,1-4H3;5-6H,1-4H3;2*1H4/q;+2;;. The Labute approximate surface area is 152 Å². The van der Waals surface area contributed by atoms with E-state index in [2.05, 4.69) is 48.2 Å². The number of urea groups is 1. The first-order chi connectivity index (χ1) is 10.6. The van der Waals surface area contributed by atoms with E-state index in [-0.39, 0.29) is 33.0 Å². The summed E-state index contributed by atoms with van der Waals surface area (Å²) in [5, 5.41) is 11.8. The molecule has 0 radical (unpaired) electrons. The fourth-order valence-electron chi connectivity index (χ4n) is 1.72. The van der Waals surface area contributed by atoms with Crippen LogP contribution in [0.1, 0.15) is 88.0 Å². The maximum absolute atomic E-state index is 11.5. The second-order valence-corrected chi connectivity index (χ2v) is 6.67. The normalized spacial score (nSPS) is 13.4. The molecule has 0 saturated carbocycles. The number of hydrogen-bond donors (Lipinski definition) is 0. The molecule has 0 atom stereocenters. The van der Waals surface area contributed by atoms with Crippen molar-refractivity contribution in [3.05, 3.63) is 12.2 Å². The molecule has 0 saturated heterocycles. The summed E-state index contributed by atoms with van der Waals surface area (Å²) in [5.41, 5.74) is 0.